The Morgan fingerprint density at radius 1 is 0.967 bits per heavy atom. The zero-order valence-electron chi connectivity index (χ0n) is 19.2. The van der Waals surface area contributed by atoms with Crippen LogP contribution in [-0.4, -0.2) is 45.5 Å². The number of benzene rings is 2. The van der Waals surface area contributed by atoms with Gasteiger partial charge in [0.15, 0.2) is 11.5 Å². The molecule has 1 fully saturated rings. The molecule has 0 atom stereocenters. The van der Waals surface area contributed by atoms with Crippen molar-refractivity contribution in [1.29, 1.82) is 0 Å². The van der Waals surface area contributed by atoms with Crippen molar-refractivity contribution in [2.24, 2.45) is 0 Å². The predicted molar refractivity (Wildman–Crippen MR) is 123 cm³/mol. The Hall–Kier alpha value is -2.56. The molecule has 4 rings (SSSR count). The summed E-state index contributed by atoms with van der Waals surface area (Å²) in [5, 5.41) is 0. The molecular weight excluding hydrogens is 376 g/mol. The molecule has 30 heavy (non-hydrogen) atoms. The van der Waals surface area contributed by atoms with Crippen molar-refractivity contribution in [3.05, 3.63) is 41.0 Å². The van der Waals surface area contributed by atoms with Gasteiger partial charge in [-0.2, -0.15) is 0 Å². The fourth-order valence-electron chi connectivity index (χ4n) is 4.84. The second-order valence-electron chi connectivity index (χ2n) is 8.88. The number of rotatable bonds is 5. The van der Waals surface area contributed by atoms with Crippen molar-refractivity contribution in [1.82, 2.24) is 0 Å². The molecule has 0 spiro atoms. The molecule has 0 unspecified atom stereocenters. The van der Waals surface area contributed by atoms with E-state index in [1.54, 1.807) is 7.11 Å². The Morgan fingerprint density at radius 3 is 2.20 bits per heavy atom. The average molecular weight is 411 g/mol. The van der Waals surface area contributed by atoms with Crippen LogP contribution in [0.5, 0.6) is 17.2 Å². The maximum Gasteiger partial charge on any atom is 0.166 e. The van der Waals surface area contributed by atoms with Crippen LogP contribution < -0.4 is 24.0 Å². The summed E-state index contributed by atoms with van der Waals surface area (Å²) < 4.78 is 17.7. The molecule has 2 aromatic rings. The maximum absolute atomic E-state index is 6.31. The molecule has 5 heteroatoms. The van der Waals surface area contributed by atoms with Crippen molar-refractivity contribution in [2.75, 3.05) is 49.7 Å². The zero-order valence-corrected chi connectivity index (χ0v) is 19.2. The van der Waals surface area contributed by atoms with Crippen molar-refractivity contribution >= 4 is 11.4 Å². The third-order valence-electron chi connectivity index (χ3n) is 6.29. The average Bonchev–Trinajstić information content (AvgIpc) is 3.07. The van der Waals surface area contributed by atoms with Crippen molar-refractivity contribution < 1.29 is 14.2 Å². The summed E-state index contributed by atoms with van der Waals surface area (Å²) >= 11 is 0. The minimum atomic E-state index is -0.183. The first-order valence-corrected chi connectivity index (χ1v) is 11.0. The molecule has 0 bridgehead atoms. The molecule has 5 nitrogen and oxygen atoms in total. The van der Waals surface area contributed by atoms with Crippen molar-refractivity contribution in [2.45, 2.75) is 46.6 Å². The summed E-state index contributed by atoms with van der Waals surface area (Å²) in [4.78, 5) is 4.97. The number of anilines is 2. The lowest BCUT2D eigenvalue weighted by Gasteiger charge is -2.39. The summed E-state index contributed by atoms with van der Waals surface area (Å²) in [7, 11) is 1.71. The van der Waals surface area contributed by atoms with Gasteiger partial charge in [-0.1, -0.05) is 0 Å². The van der Waals surface area contributed by atoms with E-state index in [9.17, 15) is 0 Å². The summed E-state index contributed by atoms with van der Waals surface area (Å²) in [6.07, 6.45) is 0.924. The van der Waals surface area contributed by atoms with Gasteiger partial charge in [0.05, 0.1) is 13.7 Å². The lowest BCUT2D eigenvalue weighted by molar-refractivity contribution is 0.132. The lowest BCUT2D eigenvalue weighted by atomic mass is 9.93. The first kappa shape index (κ1) is 20.7. The molecule has 162 valence electrons. The van der Waals surface area contributed by atoms with Crippen LogP contribution in [-0.2, 0) is 6.42 Å². The summed E-state index contributed by atoms with van der Waals surface area (Å²) in [5.74, 6) is 2.78. The minimum Gasteiger partial charge on any atom is -0.497 e. The highest BCUT2D eigenvalue weighted by atomic mass is 16.5. The summed E-state index contributed by atoms with van der Waals surface area (Å²) in [6, 6.07) is 8.36. The van der Waals surface area contributed by atoms with E-state index in [0.29, 0.717) is 6.61 Å². The molecule has 0 saturated carbocycles. The zero-order chi connectivity index (χ0) is 21.5. The fraction of sp³-hybridized carbons (Fsp3) is 0.520. The molecule has 2 heterocycles. The van der Waals surface area contributed by atoms with Crippen LogP contribution in [0.2, 0.25) is 0 Å². The Bertz CT molecular complexity index is 913. The van der Waals surface area contributed by atoms with Gasteiger partial charge in [0.2, 0.25) is 0 Å². The smallest absolute Gasteiger partial charge is 0.166 e. The highest BCUT2D eigenvalue weighted by Crippen LogP contribution is 2.50. The van der Waals surface area contributed by atoms with Crippen LogP contribution in [0, 0.1) is 13.8 Å². The van der Waals surface area contributed by atoms with Gasteiger partial charge in [-0.25, -0.2) is 0 Å². The third-order valence-corrected chi connectivity index (χ3v) is 6.29. The van der Waals surface area contributed by atoms with E-state index in [1.165, 1.54) is 28.1 Å². The Labute approximate surface area is 180 Å². The number of fused-ring (bicyclic) bond motifs is 1. The van der Waals surface area contributed by atoms with Gasteiger partial charge >= 0.3 is 0 Å². The second kappa shape index (κ2) is 7.93. The molecule has 2 aromatic carbocycles. The monoisotopic (exact) mass is 410 g/mol. The van der Waals surface area contributed by atoms with Gasteiger partial charge in [-0.15, -0.1) is 0 Å². The molecule has 0 amide bonds. The van der Waals surface area contributed by atoms with Gasteiger partial charge in [0, 0.05) is 55.1 Å². The van der Waals surface area contributed by atoms with E-state index in [-0.39, 0.29) is 5.60 Å². The molecule has 1 saturated heterocycles. The van der Waals surface area contributed by atoms with Gasteiger partial charge < -0.3 is 24.0 Å². The summed E-state index contributed by atoms with van der Waals surface area (Å²) in [5.41, 5.74) is 6.24. The van der Waals surface area contributed by atoms with Gasteiger partial charge in [-0.3, -0.25) is 0 Å². The van der Waals surface area contributed by atoms with Crippen LogP contribution in [0.1, 0.15) is 37.5 Å². The minimum absolute atomic E-state index is 0.183. The molecular formula is C25H34N2O3. The number of hydrogen-bond acceptors (Lipinski definition) is 5. The SMILES string of the molecule is CCOc1c(C)c(N2CCN(c3ccc(OC)cc3)CC2)c(C)c2c1OC(C)(C)C2. The van der Waals surface area contributed by atoms with Crippen molar-refractivity contribution in [3.8, 4) is 17.2 Å². The van der Waals surface area contributed by atoms with Gasteiger partial charge in [0.1, 0.15) is 11.4 Å². The Kier molecular flexibility index (Phi) is 5.48. The number of ether oxygens (including phenoxy) is 3. The number of piperazine rings is 1. The fourth-order valence-corrected chi connectivity index (χ4v) is 4.84. The van der Waals surface area contributed by atoms with Crippen LogP contribution in [0.15, 0.2) is 24.3 Å². The van der Waals surface area contributed by atoms with Crippen molar-refractivity contribution in [3.63, 3.8) is 0 Å². The lowest BCUT2D eigenvalue weighted by Crippen LogP contribution is -2.47. The van der Waals surface area contributed by atoms with Gasteiger partial charge in [-0.05, 0) is 64.4 Å². The number of hydrogen-bond donors (Lipinski definition) is 0. The highest BCUT2D eigenvalue weighted by molar-refractivity contribution is 5.73. The third kappa shape index (κ3) is 3.66. The molecule has 2 aliphatic rings. The number of nitrogens with zero attached hydrogens (tertiary/aromatic N) is 2. The maximum atomic E-state index is 6.31. The van der Waals surface area contributed by atoms with E-state index in [1.807, 2.05) is 19.1 Å². The molecule has 2 aliphatic heterocycles. The topological polar surface area (TPSA) is 34.2 Å². The van der Waals surface area contributed by atoms with Crippen LogP contribution >= 0.6 is 0 Å². The van der Waals surface area contributed by atoms with E-state index in [4.69, 9.17) is 14.2 Å². The normalized spacial score (nSPS) is 17.5. The first-order chi connectivity index (χ1) is 14.3. The predicted octanol–water partition coefficient (Wildman–Crippen LogP) is 4.75. The molecule has 0 N–H and O–H groups in total. The van der Waals surface area contributed by atoms with Gasteiger partial charge in [0.25, 0.3) is 0 Å². The van der Waals surface area contributed by atoms with E-state index in [2.05, 4.69) is 49.6 Å². The van der Waals surface area contributed by atoms with E-state index >= 15 is 0 Å². The van der Waals surface area contributed by atoms with Crippen LogP contribution in [0.25, 0.3) is 0 Å². The van der Waals surface area contributed by atoms with E-state index < -0.39 is 0 Å². The molecule has 0 aliphatic carbocycles. The Balaban J connectivity index is 1.60. The van der Waals surface area contributed by atoms with Crippen LogP contribution in [0.4, 0.5) is 11.4 Å². The largest absolute Gasteiger partial charge is 0.497 e. The number of methoxy groups -OCH3 is 1. The quantitative estimate of drug-likeness (QED) is 0.711. The van der Waals surface area contributed by atoms with E-state index in [0.717, 1.165) is 49.8 Å². The Morgan fingerprint density at radius 2 is 1.60 bits per heavy atom. The highest BCUT2D eigenvalue weighted by Gasteiger charge is 2.37. The first-order valence-electron chi connectivity index (χ1n) is 11.0. The molecule has 0 aromatic heterocycles. The molecule has 0 radical (unpaired) electrons. The van der Waals surface area contributed by atoms with Crippen LogP contribution in [0.3, 0.4) is 0 Å². The summed E-state index contributed by atoms with van der Waals surface area (Å²) in [6.45, 7) is 15.4. The second-order valence-corrected chi connectivity index (χ2v) is 8.88. The standard InChI is InChI=1S/C25H34N2O3/c1-7-29-23-18(3)22(17(2)21-16-25(4,5)30-24(21)23)27-14-12-26(13-15-27)19-8-10-20(28-6)11-9-19/h8-11H,7,12-16H2,1-6H3.